The molecule has 0 bridgehead atoms. The Balaban J connectivity index is 1.59. The van der Waals surface area contributed by atoms with Crippen LogP contribution in [0.3, 0.4) is 0 Å². The van der Waals surface area contributed by atoms with Crippen molar-refractivity contribution in [3.05, 3.63) is 77.1 Å². The number of hydrogen-bond donors (Lipinski definition) is 2. The number of phenols is 1. The van der Waals surface area contributed by atoms with Crippen molar-refractivity contribution in [3.8, 4) is 28.4 Å². The molecule has 0 saturated heterocycles. The number of phenolic OH excluding ortho intramolecular Hbond substituents is 1. The Kier molecular flexibility index (Phi) is 12.0. The molecule has 0 aliphatic heterocycles. The van der Waals surface area contributed by atoms with Crippen molar-refractivity contribution < 1.29 is 33.7 Å². The zero-order chi connectivity index (χ0) is 29.8. The number of halogens is 1. The second-order valence-corrected chi connectivity index (χ2v) is 10.2. The molecule has 0 saturated carbocycles. The van der Waals surface area contributed by atoms with E-state index >= 15 is 0 Å². The molecule has 8 heteroatoms. The number of aromatic hydroxyl groups is 1. The maximum absolute atomic E-state index is 13.3. The third-order valence-electron chi connectivity index (χ3n) is 6.92. The molecule has 2 N–H and O–H groups in total. The van der Waals surface area contributed by atoms with Gasteiger partial charge in [-0.25, -0.2) is 4.39 Å². The molecule has 0 atom stereocenters. The highest BCUT2D eigenvalue weighted by atomic mass is 19.1. The predicted molar refractivity (Wildman–Crippen MR) is 157 cm³/mol. The van der Waals surface area contributed by atoms with Crippen molar-refractivity contribution in [2.75, 3.05) is 27.3 Å². The van der Waals surface area contributed by atoms with Crippen molar-refractivity contribution in [1.29, 1.82) is 0 Å². The summed E-state index contributed by atoms with van der Waals surface area (Å²) in [6.45, 7) is 2.75. The first-order chi connectivity index (χ1) is 19.7. The maximum atomic E-state index is 13.3. The van der Waals surface area contributed by atoms with Crippen LogP contribution in [0.5, 0.6) is 17.2 Å². The van der Waals surface area contributed by atoms with Gasteiger partial charge in [0.2, 0.25) is 5.91 Å². The van der Waals surface area contributed by atoms with E-state index in [0.29, 0.717) is 56.0 Å². The molecular weight excluding hydrogens is 525 g/mol. The molecule has 0 heterocycles. The van der Waals surface area contributed by atoms with Gasteiger partial charge >= 0.3 is 5.97 Å². The van der Waals surface area contributed by atoms with Gasteiger partial charge in [-0.1, -0.05) is 31.2 Å². The number of carbonyl (C=O) groups excluding carboxylic acids is 1. The first-order valence-electron chi connectivity index (χ1n) is 14.1. The Labute approximate surface area is 241 Å². The monoisotopic (exact) mass is 565 g/mol. The molecule has 41 heavy (non-hydrogen) atoms. The number of nitrogens with zero attached hydrogens (tertiary/aromatic N) is 1. The summed E-state index contributed by atoms with van der Waals surface area (Å²) in [6.07, 6.45) is 4.47. The topological polar surface area (TPSA) is 96.3 Å². The molecule has 7 nitrogen and oxygen atoms in total. The Morgan fingerprint density at radius 1 is 0.854 bits per heavy atom. The average molecular weight is 566 g/mol. The fourth-order valence-corrected chi connectivity index (χ4v) is 4.62. The normalized spacial score (nSPS) is 10.8. The molecule has 3 aromatic carbocycles. The third kappa shape index (κ3) is 9.52. The van der Waals surface area contributed by atoms with E-state index in [1.54, 1.807) is 37.2 Å². The zero-order valence-corrected chi connectivity index (χ0v) is 24.1. The van der Waals surface area contributed by atoms with Crippen LogP contribution < -0.4 is 9.47 Å². The van der Waals surface area contributed by atoms with Crippen molar-refractivity contribution in [2.45, 2.75) is 58.3 Å². The molecule has 0 aliphatic rings. The molecule has 0 spiro atoms. The number of carboxylic acids is 1. The summed E-state index contributed by atoms with van der Waals surface area (Å²) < 4.78 is 25.4. The van der Waals surface area contributed by atoms with Gasteiger partial charge < -0.3 is 24.6 Å². The lowest BCUT2D eigenvalue weighted by atomic mass is 9.97. The van der Waals surface area contributed by atoms with Crippen LogP contribution in [-0.2, 0) is 28.9 Å². The van der Waals surface area contributed by atoms with Gasteiger partial charge in [-0.05, 0) is 78.6 Å². The Bertz CT molecular complexity index is 1310. The highest BCUT2D eigenvalue weighted by Gasteiger charge is 2.14. The van der Waals surface area contributed by atoms with E-state index in [-0.39, 0.29) is 23.9 Å². The van der Waals surface area contributed by atoms with Crippen LogP contribution in [0.1, 0.15) is 55.7 Å². The number of carboxylic acid groups (broad SMARTS) is 1. The lowest BCUT2D eigenvalue weighted by Crippen LogP contribution is -2.21. The van der Waals surface area contributed by atoms with Gasteiger partial charge in [0.1, 0.15) is 23.1 Å². The van der Waals surface area contributed by atoms with Crippen molar-refractivity contribution in [2.24, 2.45) is 0 Å². The number of amides is 1. The van der Waals surface area contributed by atoms with Gasteiger partial charge in [0, 0.05) is 45.0 Å². The summed E-state index contributed by atoms with van der Waals surface area (Å²) >= 11 is 0. The fraction of sp³-hybridized carbons (Fsp3) is 0.394. The smallest absolute Gasteiger partial charge is 0.303 e. The second kappa shape index (κ2) is 15.6. The molecule has 0 fully saturated rings. The maximum Gasteiger partial charge on any atom is 0.303 e. The van der Waals surface area contributed by atoms with Crippen LogP contribution >= 0.6 is 0 Å². The lowest BCUT2D eigenvalue weighted by molar-refractivity contribution is -0.137. The lowest BCUT2D eigenvalue weighted by Gasteiger charge is -2.17. The molecule has 0 aliphatic carbocycles. The van der Waals surface area contributed by atoms with Crippen LogP contribution in [0.15, 0.2) is 54.6 Å². The summed E-state index contributed by atoms with van der Waals surface area (Å²) in [5.41, 5.74) is 4.21. The molecular formula is C33H40FNO6. The fourth-order valence-electron chi connectivity index (χ4n) is 4.62. The summed E-state index contributed by atoms with van der Waals surface area (Å²) in [5, 5.41) is 19.9. The van der Waals surface area contributed by atoms with Gasteiger partial charge in [-0.15, -0.1) is 0 Å². The number of aryl methyl sites for hydroxylation is 2. The van der Waals surface area contributed by atoms with E-state index in [1.807, 2.05) is 31.2 Å². The highest BCUT2D eigenvalue weighted by molar-refractivity contribution is 5.75. The minimum atomic E-state index is -0.865. The Morgan fingerprint density at radius 3 is 2.22 bits per heavy atom. The van der Waals surface area contributed by atoms with E-state index in [4.69, 9.17) is 9.47 Å². The van der Waals surface area contributed by atoms with E-state index in [0.717, 1.165) is 41.5 Å². The minimum Gasteiger partial charge on any atom is -0.507 e. The second-order valence-electron chi connectivity index (χ2n) is 10.2. The van der Waals surface area contributed by atoms with Crippen molar-refractivity contribution in [1.82, 2.24) is 4.90 Å². The highest BCUT2D eigenvalue weighted by Crippen LogP contribution is 2.36. The van der Waals surface area contributed by atoms with Crippen molar-refractivity contribution >= 4 is 11.9 Å². The number of carbonyl (C=O) groups is 2. The summed E-state index contributed by atoms with van der Waals surface area (Å²) in [4.78, 5) is 24.7. The van der Waals surface area contributed by atoms with Gasteiger partial charge in [-0.3, -0.25) is 9.59 Å². The molecule has 220 valence electrons. The number of unbranched alkanes of at least 4 members (excludes halogenated alkanes) is 1. The molecule has 0 radical (unpaired) electrons. The van der Waals surface area contributed by atoms with Crippen molar-refractivity contribution in [3.63, 3.8) is 0 Å². The largest absolute Gasteiger partial charge is 0.507 e. The quantitative estimate of drug-likeness (QED) is 0.194. The molecule has 0 unspecified atom stereocenters. The average Bonchev–Trinajstić information content (AvgIpc) is 2.95. The number of aliphatic carboxylic acids is 1. The number of hydrogen-bond acceptors (Lipinski definition) is 5. The summed E-state index contributed by atoms with van der Waals surface area (Å²) in [7, 11) is 3.49. The van der Waals surface area contributed by atoms with Crippen LogP contribution in [0.4, 0.5) is 4.39 Å². The molecule has 0 aromatic heterocycles. The predicted octanol–water partition coefficient (Wildman–Crippen LogP) is 6.43. The Morgan fingerprint density at radius 2 is 1.56 bits per heavy atom. The first-order valence-corrected chi connectivity index (χ1v) is 14.1. The zero-order valence-electron chi connectivity index (χ0n) is 24.1. The standard InChI is InChI=1S/C33H40FNO6/c1-4-23-21-28(25-13-15-26(34)16-14-25)29(36)22-31(23)41-20-8-19-40-30-11-7-10-24(27(30)17-18-33(38)39)9-5-6-12-32(37)35(2)3/h7,10-11,13-16,21-22,36H,4-6,8-9,12,17-20H2,1-3H3,(H,38,39). The minimum absolute atomic E-state index is 0.00675. The van der Waals surface area contributed by atoms with Crippen LogP contribution in [0.25, 0.3) is 11.1 Å². The van der Waals surface area contributed by atoms with Crippen LogP contribution in [0.2, 0.25) is 0 Å². The molecule has 3 rings (SSSR count). The number of ether oxygens (including phenoxy) is 2. The molecule has 1 amide bonds. The van der Waals surface area contributed by atoms with E-state index in [9.17, 15) is 24.2 Å². The number of benzene rings is 3. The summed E-state index contributed by atoms with van der Waals surface area (Å²) in [5.74, 6) is 0.222. The Hall–Kier alpha value is -4.07. The summed E-state index contributed by atoms with van der Waals surface area (Å²) in [6, 6.07) is 15.2. The molecule has 3 aromatic rings. The van der Waals surface area contributed by atoms with Crippen LogP contribution in [-0.4, -0.2) is 54.3 Å². The van der Waals surface area contributed by atoms with Gasteiger partial charge in [-0.2, -0.15) is 0 Å². The van der Waals surface area contributed by atoms with E-state index in [1.165, 1.54) is 12.1 Å². The van der Waals surface area contributed by atoms with E-state index in [2.05, 4.69) is 0 Å². The van der Waals surface area contributed by atoms with E-state index < -0.39 is 5.97 Å². The van der Waals surface area contributed by atoms with Crippen LogP contribution in [0, 0.1) is 5.82 Å². The number of rotatable bonds is 16. The van der Waals surface area contributed by atoms with Gasteiger partial charge in [0.05, 0.1) is 13.2 Å². The van der Waals surface area contributed by atoms with Gasteiger partial charge in [0.25, 0.3) is 0 Å². The van der Waals surface area contributed by atoms with Gasteiger partial charge in [0.15, 0.2) is 0 Å². The third-order valence-corrected chi connectivity index (χ3v) is 6.92. The first kappa shape index (κ1) is 31.5. The SMILES string of the molecule is CCc1cc(-c2ccc(F)cc2)c(O)cc1OCCCOc1cccc(CCCCC(=O)N(C)C)c1CCC(=O)O.